The first-order valence-corrected chi connectivity index (χ1v) is 9.87. The van der Waals surface area contributed by atoms with Crippen LogP contribution >= 0.6 is 11.6 Å². The van der Waals surface area contributed by atoms with Gasteiger partial charge in [-0.15, -0.1) is 11.6 Å². The van der Waals surface area contributed by atoms with Crippen LogP contribution in [-0.2, 0) is 28.5 Å². The number of alkyl halides is 1. The van der Waals surface area contributed by atoms with Crippen LogP contribution in [0.15, 0.2) is 0 Å². The van der Waals surface area contributed by atoms with E-state index in [0.29, 0.717) is 45.9 Å². The van der Waals surface area contributed by atoms with Crippen LogP contribution in [-0.4, -0.2) is 69.2 Å². The fraction of sp³-hybridized carbons (Fsp3) is 0.889. The second kappa shape index (κ2) is 20.4. The first kappa shape index (κ1) is 25.1. The molecule has 0 rings (SSSR count). The van der Waals surface area contributed by atoms with Crippen LogP contribution < -0.4 is 0 Å². The molecule has 7 nitrogen and oxygen atoms in total. The third kappa shape index (κ3) is 21.2. The quantitative estimate of drug-likeness (QED) is 0.192. The van der Waals surface area contributed by atoms with E-state index in [0.717, 1.165) is 38.2 Å². The first-order valence-electron chi connectivity index (χ1n) is 9.33. The van der Waals surface area contributed by atoms with Crippen LogP contribution in [0.4, 0.5) is 0 Å². The van der Waals surface area contributed by atoms with Gasteiger partial charge in [-0.2, -0.15) is 0 Å². The number of unbranched alkanes of at least 4 members (excludes halogenated alkanes) is 4. The average Bonchev–Trinajstić information content (AvgIpc) is 2.62. The molecule has 0 unspecified atom stereocenters. The zero-order chi connectivity index (χ0) is 19.3. The summed E-state index contributed by atoms with van der Waals surface area (Å²) in [4.78, 5) is 21.7. The van der Waals surface area contributed by atoms with E-state index in [2.05, 4.69) is 0 Å². The summed E-state index contributed by atoms with van der Waals surface area (Å²) in [5.41, 5.74) is 0. The summed E-state index contributed by atoms with van der Waals surface area (Å²) in [6, 6.07) is 0. The van der Waals surface area contributed by atoms with Gasteiger partial charge in [-0.1, -0.05) is 12.8 Å². The zero-order valence-corrected chi connectivity index (χ0v) is 16.3. The number of carbonyl (C=O) groups excluding carboxylic acids is 1. The van der Waals surface area contributed by atoms with E-state index in [1.165, 1.54) is 0 Å². The Morgan fingerprint density at radius 1 is 0.654 bits per heavy atom. The number of ether oxygens (including phenoxy) is 4. The van der Waals surface area contributed by atoms with Gasteiger partial charge in [0.1, 0.15) is 6.61 Å². The Morgan fingerprint density at radius 3 is 1.81 bits per heavy atom. The summed E-state index contributed by atoms with van der Waals surface area (Å²) in [7, 11) is 0. The van der Waals surface area contributed by atoms with Gasteiger partial charge in [-0.05, 0) is 25.7 Å². The minimum atomic E-state index is -0.848. The maximum absolute atomic E-state index is 11.4. The fourth-order valence-corrected chi connectivity index (χ4v) is 2.22. The Hall–Kier alpha value is -0.890. The molecule has 0 fully saturated rings. The van der Waals surface area contributed by atoms with Crippen LogP contribution in [0, 0.1) is 0 Å². The standard InChI is InChI=1S/C18H33ClO7/c19-9-5-1-2-6-10-23-11-12-24-13-14-25-15-16-26-18(22)8-4-3-7-17(20)21/h1-16H2,(H,20,21). The number of carbonyl (C=O) groups is 2. The molecule has 0 spiro atoms. The number of rotatable bonds is 20. The van der Waals surface area contributed by atoms with Crippen molar-refractivity contribution in [3.05, 3.63) is 0 Å². The number of carboxylic acid groups (broad SMARTS) is 1. The summed E-state index contributed by atoms with van der Waals surface area (Å²) < 4.78 is 21.1. The lowest BCUT2D eigenvalue weighted by Gasteiger charge is -2.07. The van der Waals surface area contributed by atoms with Crippen molar-refractivity contribution in [1.82, 2.24) is 0 Å². The molecule has 0 radical (unpaired) electrons. The Bertz CT molecular complexity index is 340. The van der Waals surface area contributed by atoms with E-state index in [1.807, 2.05) is 0 Å². The lowest BCUT2D eigenvalue weighted by molar-refractivity contribution is -0.146. The molecule has 0 heterocycles. The van der Waals surface area contributed by atoms with Crippen molar-refractivity contribution in [3.8, 4) is 0 Å². The molecule has 0 bridgehead atoms. The van der Waals surface area contributed by atoms with Gasteiger partial charge >= 0.3 is 11.9 Å². The van der Waals surface area contributed by atoms with Crippen LogP contribution in [0.5, 0.6) is 0 Å². The lowest BCUT2D eigenvalue weighted by atomic mass is 10.2. The number of halogens is 1. The third-order valence-electron chi connectivity index (χ3n) is 3.43. The highest BCUT2D eigenvalue weighted by Crippen LogP contribution is 2.02. The average molecular weight is 397 g/mol. The van der Waals surface area contributed by atoms with Crippen molar-refractivity contribution >= 4 is 23.5 Å². The molecule has 8 heteroatoms. The fourth-order valence-electron chi connectivity index (χ4n) is 2.03. The van der Waals surface area contributed by atoms with E-state index in [1.54, 1.807) is 0 Å². The maximum Gasteiger partial charge on any atom is 0.305 e. The number of esters is 1. The molecular formula is C18H33ClO7. The lowest BCUT2D eigenvalue weighted by Crippen LogP contribution is -2.14. The smallest absolute Gasteiger partial charge is 0.305 e. The molecule has 0 aliphatic rings. The largest absolute Gasteiger partial charge is 0.481 e. The summed E-state index contributed by atoms with van der Waals surface area (Å²) in [6.45, 7) is 3.31. The van der Waals surface area contributed by atoms with Gasteiger partial charge in [0.15, 0.2) is 0 Å². The number of hydrogen-bond acceptors (Lipinski definition) is 6. The third-order valence-corrected chi connectivity index (χ3v) is 3.70. The second-order valence-corrected chi connectivity index (χ2v) is 6.14. The van der Waals surface area contributed by atoms with Crippen LogP contribution in [0.2, 0.25) is 0 Å². The highest BCUT2D eigenvalue weighted by molar-refractivity contribution is 6.17. The van der Waals surface area contributed by atoms with E-state index in [4.69, 9.17) is 35.7 Å². The highest BCUT2D eigenvalue weighted by Gasteiger charge is 2.04. The minimum absolute atomic E-state index is 0.0794. The van der Waals surface area contributed by atoms with Crippen LogP contribution in [0.3, 0.4) is 0 Å². The van der Waals surface area contributed by atoms with Crippen LogP contribution in [0.1, 0.15) is 51.4 Å². The Labute approximate surface area is 161 Å². The number of aliphatic carboxylic acids is 1. The van der Waals surface area contributed by atoms with Gasteiger partial charge in [0.05, 0.1) is 33.0 Å². The molecule has 0 saturated heterocycles. The molecule has 154 valence electrons. The molecule has 0 aliphatic heterocycles. The molecule has 1 N–H and O–H groups in total. The topological polar surface area (TPSA) is 91.3 Å². The summed E-state index contributed by atoms with van der Waals surface area (Å²) in [6.07, 6.45) is 5.74. The first-order chi connectivity index (χ1) is 12.7. The molecule has 0 aliphatic carbocycles. The normalized spacial score (nSPS) is 10.8. The zero-order valence-electron chi connectivity index (χ0n) is 15.6. The molecular weight excluding hydrogens is 364 g/mol. The van der Waals surface area contributed by atoms with Crippen molar-refractivity contribution in [2.24, 2.45) is 0 Å². The molecule has 0 amide bonds. The van der Waals surface area contributed by atoms with Crippen molar-refractivity contribution in [3.63, 3.8) is 0 Å². The molecule has 0 aromatic carbocycles. The van der Waals surface area contributed by atoms with Gasteiger partial charge in [0.2, 0.25) is 0 Å². The van der Waals surface area contributed by atoms with Crippen LogP contribution in [0.25, 0.3) is 0 Å². The van der Waals surface area contributed by atoms with Gasteiger partial charge in [0.25, 0.3) is 0 Å². The van der Waals surface area contributed by atoms with E-state index < -0.39 is 5.97 Å². The van der Waals surface area contributed by atoms with E-state index in [-0.39, 0.29) is 25.4 Å². The summed E-state index contributed by atoms with van der Waals surface area (Å²) >= 11 is 5.60. The molecule has 0 saturated carbocycles. The number of carboxylic acids is 1. The molecule has 26 heavy (non-hydrogen) atoms. The molecule has 0 aromatic heterocycles. The van der Waals surface area contributed by atoms with Gasteiger partial charge in [0, 0.05) is 25.3 Å². The monoisotopic (exact) mass is 396 g/mol. The van der Waals surface area contributed by atoms with Gasteiger partial charge in [-0.25, -0.2) is 0 Å². The Balaban J connectivity index is 3.12. The van der Waals surface area contributed by atoms with Crippen molar-refractivity contribution in [2.75, 3.05) is 52.1 Å². The maximum atomic E-state index is 11.4. The molecule has 0 aromatic rings. The predicted molar refractivity (Wildman–Crippen MR) is 98.7 cm³/mol. The van der Waals surface area contributed by atoms with Crippen molar-refractivity contribution in [1.29, 1.82) is 0 Å². The summed E-state index contributed by atoms with van der Waals surface area (Å²) in [5.74, 6) is -0.443. The Kier molecular flexibility index (Phi) is 19.7. The Morgan fingerprint density at radius 2 is 1.19 bits per heavy atom. The minimum Gasteiger partial charge on any atom is -0.481 e. The van der Waals surface area contributed by atoms with E-state index in [9.17, 15) is 9.59 Å². The second-order valence-electron chi connectivity index (χ2n) is 5.76. The summed E-state index contributed by atoms with van der Waals surface area (Å²) in [5, 5.41) is 8.48. The predicted octanol–water partition coefficient (Wildman–Crippen LogP) is 3.02. The number of hydrogen-bond donors (Lipinski definition) is 1. The van der Waals surface area contributed by atoms with Gasteiger partial charge in [-0.3, -0.25) is 9.59 Å². The molecule has 0 atom stereocenters. The van der Waals surface area contributed by atoms with Crippen molar-refractivity contribution < 1.29 is 33.6 Å². The van der Waals surface area contributed by atoms with Crippen molar-refractivity contribution in [2.45, 2.75) is 51.4 Å². The SMILES string of the molecule is O=C(O)CCCCC(=O)OCCOCCOCCOCCCCCCCl. The van der Waals surface area contributed by atoms with Gasteiger partial charge < -0.3 is 24.1 Å². The van der Waals surface area contributed by atoms with E-state index >= 15 is 0 Å². The highest BCUT2D eigenvalue weighted by atomic mass is 35.5.